The molecule has 0 aliphatic heterocycles. The van der Waals surface area contributed by atoms with Crippen molar-refractivity contribution in [2.75, 3.05) is 32.1 Å². The fourth-order valence-corrected chi connectivity index (χ4v) is 3.69. The number of alkyl halides is 6. The van der Waals surface area contributed by atoms with Crippen LogP contribution in [-0.4, -0.2) is 70.3 Å². The molecule has 0 saturated carbocycles. The third kappa shape index (κ3) is 4.34. The number of hydrogen-bond donors (Lipinski definition) is 0. The van der Waals surface area contributed by atoms with E-state index in [2.05, 4.69) is 0 Å². The summed E-state index contributed by atoms with van der Waals surface area (Å²) in [4.78, 5) is 1.54. The number of sulfone groups is 2. The van der Waals surface area contributed by atoms with Gasteiger partial charge in [-0.2, -0.15) is 26.3 Å². The molecular weight excluding hydrogens is 388 g/mol. The van der Waals surface area contributed by atoms with E-state index in [-0.39, 0.29) is 12.8 Å². The minimum atomic E-state index is -6.61. The van der Waals surface area contributed by atoms with Crippen LogP contribution in [-0.2, 0) is 19.7 Å². The van der Waals surface area contributed by atoms with Crippen LogP contribution < -0.4 is 0 Å². The van der Waals surface area contributed by atoms with Gasteiger partial charge in [-0.3, -0.25) is 0 Å². The number of halogens is 6. The molecular formula is C11H19F6NO4S2. The highest BCUT2D eigenvalue weighted by Gasteiger charge is 2.80. The Morgan fingerprint density at radius 3 is 1.71 bits per heavy atom. The maximum Gasteiger partial charge on any atom is 0.414 e. The van der Waals surface area contributed by atoms with Gasteiger partial charge in [-0.05, 0) is 33.0 Å². The van der Waals surface area contributed by atoms with Crippen molar-refractivity contribution in [3.05, 3.63) is 0 Å². The minimum Gasteiger partial charge on any atom is -0.306 e. The summed E-state index contributed by atoms with van der Waals surface area (Å²) in [5, 5.41) is -12.5. The van der Waals surface area contributed by atoms with Crippen molar-refractivity contribution in [2.45, 2.75) is 36.2 Å². The van der Waals surface area contributed by atoms with Crippen LogP contribution in [0.1, 0.15) is 19.8 Å². The number of hydrogen-bond acceptors (Lipinski definition) is 5. The molecule has 24 heavy (non-hydrogen) atoms. The Morgan fingerprint density at radius 2 is 1.33 bits per heavy atom. The van der Waals surface area contributed by atoms with Crippen LogP contribution >= 0.6 is 0 Å². The van der Waals surface area contributed by atoms with Gasteiger partial charge in [0.2, 0.25) is 19.7 Å². The van der Waals surface area contributed by atoms with Crippen LogP contribution in [0.3, 0.4) is 0 Å². The summed E-state index contributed by atoms with van der Waals surface area (Å²) in [6.45, 7) is 2.23. The Labute approximate surface area is 136 Å². The summed E-state index contributed by atoms with van der Waals surface area (Å²) in [6, 6.07) is 0. The lowest BCUT2D eigenvalue weighted by molar-refractivity contribution is -0.243. The van der Waals surface area contributed by atoms with Crippen LogP contribution in [0.25, 0.3) is 0 Å². The van der Waals surface area contributed by atoms with E-state index in [4.69, 9.17) is 0 Å². The van der Waals surface area contributed by atoms with Gasteiger partial charge in [0.1, 0.15) is 0 Å². The molecule has 0 bridgehead atoms. The summed E-state index contributed by atoms with van der Waals surface area (Å²) < 4.78 is 125. The maximum absolute atomic E-state index is 13.6. The van der Waals surface area contributed by atoms with E-state index in [1.807, 2.05) is 0 Å². The maximum atomic E-state index is 13.6. The van der Waals surface area contributed by atoms with Crippen molar-refractivity contribution in [1.82, 2.24) is 4.90 Å². The van der Waals surface area contributed by atoms with E-state index in [1.54, 1.807) is 6.92 Å². The predicted octanol–water partition coefficient (Wildman–Crippen LogP) is 2.00. The van der Waals surface area contributed by atoms with Crippen LogP contribution in [0.2, 0.25) is 0 Å². The van der Waals surface area contributed by atoms with Crippen LogP contribution in [0, 0.1) is 0 Å². The Morgan fingerprint density at radius 1 is 0.875 bits per heavy atom. The zero-order chi connectivity index (χ0) is 19.6. The molecule has 0 aliphatic carbocycles. The molecule has 0 atom stereocenters. The van der Waals surface area contributed by atoms with Gasteiger partial charge < -0.3 is 4.90 Å². The standard InChI is InChI=1S/C11H19F6NO4S2/c1-4-6-18(2)7-5-8-24(21,22)11(16,17)9(12,13)10(14,15)23(3,19)20/h4-8H2,1-3H3. The third-order valence-corrected chi connectivity index (χ3v) is 6.20. The quantitative estimate of drug-likeness (QED) is 0.518. The van der Waals surface area contributed by atoms with Crippen molar-refractivity contribution in [3.63, 3.8) is 0 Å². The molecule has 0 aliphatic rings. The average molecular weight is 407 g/mol. The van der Waals surface area contributed by atoms with Gasteiger partial charge in [0, 0.05) is 6.26 Å². The molecule has 0 unspecified atom stereocenters. The highest BCUT2D eigenvalue weighted by Crippen LogP contribution is 2.50. The molecule has 0 aromatic rings. The van der Waals surface area contributed by atoms with Crippen molar-refractivity contribution in [1.29, 1.82) is 0 Å². The second-order valence-electron chi connectivity index (χ2n) is 5.36. The highest BCUT2D eigenvalue weighted by molar-refractivity contribution is 7.93. The summed E-state index contributed by atoms with van der Waals surface area (Å²) >= 11 is 0. The SMILES string of the molecule is CCCN(C)CCCS(=O)(=O)C(F)(F)C(F)(F)C(F)(F)S(C)(=O)=O. The smallest absolute Gasteiger partial charge is 0.306 e. The fraction of sp³-hybridized carbons (Fsp3) is 1.00. The molecule has 0 aromatic heterocycles. The van der Waals surface area contributed by atoms with Gasteiger partial charge in [0.15, 0.2) is 0 Å². The molecule has 0 amide bonds. The van der Waals surface area contributed by atoms with Gasteiger partial charge >= 0.3 is 16.4 Å². The van der Waals surface area contributed by atoms with E-state index in [1.165, 1.54) is 11.9 Å². The largest absolute Gasteiger partial charge is 0.414 e. The van der Waals surface area contributed by atoms with Gasteiger partial charge in [-0.1, -0.05) is 6.92 Å². The molecule has 146 valence electrons. The first-order valence-electron chi connectivity index (χ1n) is 6.69. The summed E-state index contributed by atoms with van der Waals surface area (Å²) in [5.41, 5.74) is 0. The first kappa shape index (κ1) is 23.4. The van der Waals surface area contributed by atoms with Crippen molar-refractivity contribution >= 4 is 19.7 Å². The number of rotatable bonds is 10. The van der Waals surface area contributed by atoms with E-state index in [9.17, 15) is 43.2 Å². The van der Waals surface area contributed by atoms with Gasteiger partial charge in [0.05, 0.1) is 5.75 Å². The van der Waals surface area contributed by atoms with Gasteiger partial charge in [-0.15, -0.1) is 0 Å². The molecule has 0 N–H and O–H groups in total. The summed E-state index contributed by atoms with van der Waals surface area (Å²) in [6.07, 6.45) is -0.226. The Kier molecular flexibility index (Phi) is 7.19. The van der Waals surface area contributed by atoms with E-state index in [0.29, 0.717) is 13.0 Å². The molecule has 0 heterocycles. The van der Waals surface area contributed by atoms with Crippen molar-refractivity contribution in [3.8, 4) is 0 Å². The van der Waals surface area contributed by atoms with Crippen LogP contribution in [0.15, 0.2) is 0 Å². The summed E-state index contributed by atoms with van der Waals surface area (Å²) in [7, 11) is -10.5. The lowest BCUT2D eigenvalue weighted by Crippen LogP contribution is -2.60. The van der Waals surface area contributed by atoms with Gasteiger partial charge in [-0.25, -0.2) is 16.8 Å². The first-order chi connectivity index (χ1) is 10.5. The topological polar surface area (TPSA) is 71.5 Å². The second kappa shape index (κ2) is 7.36. The van der Waals surface area contributed by atoms with Crippen LogP contribution in [0.5, 0.6) is 0 Å². The third-order valence-electron chi connectivity index (χ3n) is 3.15. The molecule has 5 nitrogen and oxygen atoms in total. The van der Waals surface area contributed by atoms with E-state index >= 15 is 0 Å². The zero-order valence-corrected chi connectivity index (χ0v) is 14.8. The molecule has 13 heteroatoms. The van der Waals surface area contributed by atoms with Crippen molar-refractivity contribution < 1.29 is 43.2 Å². The monoisotopic (exact) mass is 407 g/mol. The predicted molar refractivity (Wildman–Crippen MR) is 75.9 cm³/mol. The molecule has 0 saturated heterocycles. The number of nitrogens with zero attached hydrogens (tertiary/aromatic N) is 1. The lowest BCUT2D eigenvalue weighted by atomic mass is 10.3. The van der Waals surface area contributed by atoms with Crippen LogP contribution in [0.4, 0.5) is 26.3 Å². The van der Waals surface area contributed by atoms with E-state index in [0.717, 1.165) is 0 Å². The first-order valence-corrected chi connectivity index (χ1v) is 10.2. The Hall–Kier alpha value is -0.560. The molecule has 0 aromatic carbocycles. The van der Waals surface area contributed by atoms with Crippen molar-refractivity contribution in [2.24, 2.45) is 0 Å². The van der Waals surface area contributed by atoms with E-state index < -0.39 is 48.3 Å². The Balaban J connectivity index is 5.48. The molecule has 0 spiro atoms. The lowest BCUT2D eigenvalue weighted by Gasteiger charge is -2.31. The Bertz CT molecular complexity index is 633. The fourth-order valence-electron chi connectivity index (χ4n) is 1.74. The minimum absolute atomic E-state index is 0.0445. The zero-order valence-electron chi connectivity index (χ0n) is 13.2. The normalized spacial score (nSPS) is 15.1. The molecule has 0 radical (unpaired) electrons. The highest BCUT2D eigenvalue weighted by atomic mass is 32.2. The second-order valence-corrected chi connectivity index (χ2v) is 9.56. The average Bonchev–Trinajstić information content (AvgIpc) is 2.36. The summed E-state index contributed by atoms with van der Waals surface area (Å²) in [5.74, 6) is -8.11. The van der Waals surface area contributed by atoms with Gasteiger partial charge in [0.25, 0.3) is 0 Å². The molecule has 0 rings (SSSR count). The molecule has 0 fully saturated rings.